The molecule has 2 rings (SSSR count). The fourth-order valence-corrected chi connectivity index (χ4v) is 5.47. The first-order chi connectivity index (χ1) is 12.7. The van der Waals surface area contributed by atoms with Gasteiger partial charge in [-0.15, -0.1) is 10.2 Å². The second kappa shape index (κ2) is 9.57. The molecule has 146 valence electrons. The number of thioether (sulfide) groups is 2. The molecule has 0 bridgehead atoms. The lowest BCUT2D eigenvalue weighted by atomic mass is 10.1. The van der Waals surface area contributed by atoms with Gasteiger partial charge in [0.25, 0.3) is 0 Å². The standard InChI is InChI=1S/C18H23N3O3S3/c1-7-24-16(23)13-10(4)14(19-11(13)5)15(22)12(6)26-18-21-20-17(27-18)25-8-9(2)3/h12,19H,2,7-8H2,1,3-6H3/t12-/m1/s1. The smallest absolute Gasteiger partial charge is 0.340 e. The number of H-pyrrole nitrogens is 1. The summed E-state index contributed by atoms with van der Waals surface area (Å²) in [6.45, 7) is 13.2. The summed E-state index contributed by atoms with van der Waals surface area (Å²) in [7, 11) is 0. The average molecular weight is 426 g/mol. The summed E-state index contributed by atoms with van der Waals surface area (Å²) in [5, 5.41) is 7.94. The predicted octanol–water partition coefficient (Wildman–Crippen LogP) is 4.69. The molecule has 0 fully saturated rings. The van der Waals surface area contributed by atoms with Crippen LogP contribution >= 0.6 is 34.9 Å². The molecular weight excluding hydrogens is 402 g/mol. The van der Waals surface area contributed by atoms with Crippen molar-refractivity contribution in [3.8, 4) is 0 Å². The number of aryl methyl sites for hydroxylation is 1. The molecule has 9 heteroatoms. The lowest BCUT2D eigenvalue weighted by Crippen LogP contribution is -2.15. The molecule has 0 aromatic carbocycles. The number of aromatic nitrogens is 3. The van der Waals surface area contributed by atoms with Crippen molar-refractivity contribution in [2.75, 3.05) is 12.4 Å². The fraction of sp³-hybridized carbons (Fsp3) is 0.444. The molecule has 0 spiro atoms. The van der Waals surface area contributed by atoms with E-state index in [1.807, 2.05) is 13.8 Å². The molecule has 0 aliphatic rings. The van der Waals surface area contributed by atoms with Gasteiger partial charge in [0.05, 0.1) is 23.1 Å². The van der Waals surface area contributed by atoms with Crippen LogP contribution in [0.2, 0.25) is 0 Å². The molecule has 0 saturated carbocycles. The largest absolute Gasteiger partial charge is 0.462 e. The molecular formula is C18H23N3O3S3. The van der Waals surface area contributed by atoms with Gasteiger partial charge in [0.2, 0.25) is 0 Å². The number of ether oxygens (including phenoxy) is 1. The van der Waals surface area contributed by atoms with Gasteiger partial charge in [-0.05, 0) is 40.2 Å². The molecule has 1 N–H and O–H groups in total. The molecule has 27 heavy (non-hydrogen) atoms. The van der Waals surface area contributed by atoms with E-state index in [1.165, 1.54) is 23.1 Å². The number of rotatable bonds is 9. The summed E-state index contributed by atoms with van der Waals surface area (Å²) in [6, 6.07) is 0. The van der Waals surface area contributed by atoms with Crippen molar-refractivity contribution >= 4 is 46.6 Å². The topological polar surface area (TPSA) is 84.9 Å². The molecule has 0 aliphatic heterocycles. The Labute approximate surface area is 171 Å². The molecule has 2 aromatic heterocycles. The van der Waals surface area contributed by atoms with E-state index in [2.05, 4.69) is 21.8 Å². The van der Waals surface area contributed by atoms with Crippen LogP contribution in [-0.2, 0) is 4.74 Å². The Morgan fingerprint density at radius 2 is 1.96 bits per heavy atom. The number of esters is 1. The van der Waals surface area contributed by atoms with Gasteiger partial charge in [0.15, 0.2) is 14.5 Å². The van der Waals surface area contributed by atoms with Crippen LogP contribution in [0.1, 0.15) is 52.9 Å². The quantitative estimate of drug-likeness (QED) is 0.270. The van der Waals surface area contributed by atoms with Gasteiger partial charge in [-0.1, -0.05) is 47.0 Å². The first-order valence-electron chi connectivity index (χ1n) is 8.42. The fourth-order valence-electron chi connectivity index (χ4n) is 2.40. The number of carbonyl (C=O) groups excluding carboxylic acids is 2. The Morgan fingerprint density at radius 1 is 1.30 bits per heavy atom. The maximum atomic E-state index is 12.9. The summed E-state index contributed by atoms with van der Waals surface area (Å²) in [6.07, 6.45) is 0. The van der Waals surface area contributed by atoms with Crippen molar-refractivity contribution in [1.82, 2.24) is 15.2 Å². The zero-order valence-electron chi connectivity index (χ0n) is 16.0. The highest BCUT2D eigenvalue weighted by molar-refractivity contribution is 8.04. The van der Waals surface area contributed by atoms with Crippen molar-refractivity contribution in [2.45, 2.75) is 48.5 Å². The summed E-state index contributed by atoms with van der Waals surface area (Å²) in [5.74, 6) is 0.305. The van der Waals surface area contributed by atoms with Crippen LogP contribution in [0.5, 0.6) is 0 Å². The minimum absolute atomic E-state index is 0.0810. The van der Waals surface area contributed by atoms with E-state index < -0.39 is 5.97 Å². The second-order valence-corrected chi connectivity index (χ2v) is 9.84. The van der Waals surface area contributed by atoms with E-state index in [9.17, 15) is 9.59 Å². The van der Waals surface area contributed by atoms with Crippen LogP contribution in [0, 0.1) is 13.8 Å². The second-order valence-electron chi connectivity index (χ2n) is 6.05. The van der Waals surface area contributed by atoms with Crippen LogP contribution in [0.3, 0.4) is 0 Å². The number of hydrogen-bond donors (Lipinski definition) is 1. The summed E-state index contributed by atoms with van der Waals surface area (Å²) in [5.41, 5.74) is 3.21. The highest BCUT2D eigenvalue weighted by atomic mass is 32.2. The van der Waals surface area contributed by atoms with Crippen molar-refractivity contribution in [3.63, 3.8) is 0 Å². The molecule has 1 atom stereocenters. The highest BCUT2D eigenvalue weighted by Gasteiger charge is 2.26. The van der Waals surface area contributed by atoms with E-state index in [-0.39, 0.29) is 11.0 Å². The number of carbonyl (C=O) groups is 2. The average Bonchev–Trinajstić information content (AvgIpc) is 3.16. The third-order valence-electron chi connectivity index (χ3n) is 3.64. The van der Waals surface area contributed by atoms with Gasteiger partial charge >= 0.3 is 5.97 Å². The molecule has 0 amide bonds. The van der Waals surface area contributed by atoms with Gasteiger partial charge in [0.1, 0.15) is 0 Å². The monoisotopic (exact) mass is 425 g/mol. The Balaban J connectivity index is 2.10. The third-order valence-corrected chi connectivity index (χ3v) is 7.11. The van der Waals surface area contributed by atoms with Crippen molar-refractivity contribution < 1.29 is 14.3 Å². The molecule has 0 radical (unpaired) electrons. The van der Waals surface area contributed by atoms with E-state index in [4.69, 9.17) is 4.74 Å². The van der Waals surface area contributed by atoms with E-state index >= 15 is 0 Å². The van der Waals surface area contributed by atoms with E-state index in [1.54, 1.807) is 32.5 Å². The Kier molecular flexibility index (Phi) is 7.69. The number of hydrogen-bond acceptors (Lipinski definition) is 8. The minimum Gasteiger partial charge on any atom is -0.462 e. The first-order valence-corrected chi connectivity index (χ1v) is 11.1. The predicted molar refractivity (Wildman–Crippen MR) is 111 cm³/mol. The molecule has 0 unspecified atom stereocenters. The minimum atomic E-state index is -0.411. The van der Waals surface area contributed by atoms with E-state index in [0.29, 0.717) is 29.1 Å². The molecule has 2 heterocycles. The Morgan fingerprint density at radius 3 is 2.59 bits per heavy atom. The number of Topliss-reactive ketones (excluding diaryl/α,β-unsaturated/α-hetero) is 1. The van der Waals surface area contributed by atoms with Crippen molar-refractivity contribution in [3.05, 3.63) is 34.7 Å². The van der Waals surface area contributed by atoms with Crippen LogP contribution in [0.25, 0.3) is 0 Å². The SMILES string of the molecule is C=C(C)CSc1nnc(S[C@H](C)C(=O)c2[nH]c(C)c(C(=O)OCC)c2C)s1. The van der Waals surface area contributed by atoms with Crippen LogP contribution in [-0.4, -0.2) is 44.5 Å². The lowest BCUT2D eigenvalue weighted by molar-refractivity contribution is 0.0525. The normalized spacial score (nSPS) is 12.0. The first kappa shape index (κ1) is 21.7. The van der Waals surface area contributed by atoms with Gasteiger partial charge in [-0.25, -0.2) is 4.79 Å². The van der Waals surface area contributed by atoms with Gasteiger partial charge < -0.3 is 9.72 Å². The third kappa shape index (κ3) is 5.46. The number of nitrogens with one attached hydrogen (secondary N) is 1. The Bertz CT molecular complexity index is 857. The molecule has 0 aliphatic carbocycles. The highest BCUT2D eigenvalue weighted by Crippen LogP contribution is 2.33. The van der Waals surface area contributed by atoms with Crippen molar-refractivity contribution in [2.24, 2.45) is 0 Å². The van der Waals surface area contributed by atoms with Crippen LogP contribution in [0.4, 0.5) is 0 Å². The van der Waals surface area contributed by atoms with Gasteiger partial charge in [0, 0.05) is 11.4 Å². The maximum Gasteiger partial charge on any atom is 0.340 e. The van der Waals surface area contributed by atoms with Crippen molar-refractivity contribution in [1.29, 1.82) is 0 Å². The number of aromatic amines is 1. The molecule has 6 nitrogen and oxygen atoms in total. The molecule has 0 saturated heterocycles. The summed E-state index contributed by atoms with van der Waals surface area (Å²) >= 11 is 4.42. The zero-order chi connectivity index (χ0) is 20.1. The maximum absolute atomic E-state index is 12.9. The van der Waals surface area contributed by atoms with Crippen LogP contribution < -0.4 is 0 Å². The number of nitrogens with zero attached hydrogens (tertiary/aromatic N) is 2. The molecule has 2 aromatic rings. The Hall–Kier alpha value is -1.58. The van der Waals surface area contributed by atoms with E-state index in [0.717, 1.165) is 20.0 Å². The number of ketones is 1. The summed E-state index contributed by atoms with van der Waals surface area (Å²) < 4.78 is 6.68. The van der Waals surface area contributed by atoms with Crippen LogP contribution in [0.15, 0.2) is 20.8 Å². The zero-order valence-corrected chi connectivity index (χ0v) is 18.5. The lowest BCUT2D eigenvalue weighted by Gasteiger charge is -2.07. The summed E-state index contributed by atoms with van der Waals surface area (Å²) in [4.78, 5) is 28.0. The van der Waals surface area contributed by atoms with Gasteiger partial charge in [-0.2, -0.15) is 0 Å². The van der Waals surface area contributed by atoms with Gasteiger partial charge in [-0.3, -0.25) is 4.79 Å².